The molecule has 0 bridgehead atoms. The molecule has 7 nitrogen and oxygen atoms in total. The van der Waals surface area contributed by atoms with Gasteiger partial charge in [0.1, 0.15) is 23.6 Å². The molecule has 0 aromatic carbocycles. The molecule has 0 aliphatic carbocycles. The summed E-state index contributed by atoms with van der Waals surface area (Å²) in [4.78, 5) is 18.4. The molecule has 2 aromatic heterocycles. The largest absolute Gasteiger partial charge is 0.480 e. The molecule has 2 heterocycles. The fourth-order valence-electron chi connectivity index (χ4n) is 1.16. The zero-order valence-corrected chi connectivity index (χ0v) is 7.89. The third kappa shape index (κ3) is 1.85. The van der Waals surface area contributed by atoms with Crippen LogP contribution in [0.5, 0.6) is 0 Å². The summed E-state index contributed by atoms with van der Waals surface area (Å²) in [6.07, 6.45) is 1.44. The second-order valence-corrected chi connectivity index (χ2v) is 2.91. The van der Waals surface area contributed by atoms with Crippen molar-refractivity contribution in [2.75, 3.05) is 11.9 Å². The SMILES string of the molecule is Cc1nc(NCC(=O)O)c2cnoc2n1. The maximum Gasteiger partial charge on any atom is 0.322 e. The number of nitrogens with one attached hydrogen (secondary N) is 1. The van der Waals surface area contributed by atoms with Gasteiger partial charge in [-0.15, -0.1) is 0 Å². The van der Waals surface area contributed by atoms with Crippen LogP contribution in [0.1, 0.15) is 5.82 Å². The van der Waals surface area contributed by atoms with Gasteiger partial charge in [0.25, 0.3) is 5.71 Å². The van der Waals surface area contributed by atoms with Crippen LogP contribution in [0.2, 0.25) is 0 Å². The average Bonchev–Trinajstić information content (AvgIpc) is 2.61. The van der Waals surface area contributed by atoms with E-state index in [0.29, 0.717) is 22.7 Å². The highest BCUT2D eigenvalue weighted by Crippen LogP contribution is 2.18. The monoisotopic (exact) mass is 208 g/mol. The number of carbonyl (C=O) groups is 1. The molecule has 0 atom stereocenters. The number of fused-ring (bicyclic) bond motifs is 1. The Labute approximate surface area is 84.1 Å². The average molecular weight is 208 g/mol. The minimum absolute atomic E-state index is 0.212. The van der Waals surface area contributed by atoms with Crippen LogP contribution in [0.3, 0.4) is 0 Å². The molecule has 2 aromatic rings. The molecule has 7 heteroatoms. The van der Waals surface area contributed by atoms with Crippen molar-refractivity contribution in [2.24, 2.45) is 0 Å². The molecule has 0 amide bonds. The summed E-state index contributed by atoms with van der Waals surface area (Å²) in [5.41, 5.74) is 0.343. The molecule has 2 rings (SSSR count). The number of anilines is 1. The Morgan fingerprint density at radius 2 is 2.40 bits per heavy atom. The molecular weight excluding hydrogens is 200 g/mol. The number of carboxylic acids is 1. The molecule has 0 saturated heterocycles. The lowest BCUT2D eigenvalue weighted by Crippen LogP contribution is -2.13. The Balaban J connectivity index is 2.39. The van der Waals surface area contributed by atoms with Crippen LogP contribution in [-0.4, -0.2) is 32.7 Å². The van der Waals surface area contributed by atoms with Gasteiger partial charge in [-0.3, -0.25) is 4.79 Å². The molecular formula is C8H8N4O3. The molecule has 0 unspecified atom stereocenters. The van der Waals surface area contributed by atoms with Crippen LogP contribution in [0.4, 0.5) is 5.82 Å². The zero-order valence-electron chi connectivity index (χ0n) is 7.89. The van der Waals surface area contributed by atoms with E-state index in [2.05, 4.69) is 20.4 Å². The van der Waals surface area contributed by atoms with E-state index in [9.17, 15) is 4.79 Å². The van der Waals surface area contributed by atoms with Gasteiger partial charge in [0.05, 0.1) is 6.20 Å². The first-order valence-electron chi connectivity index (χ1n) is 4.21. The summed E-state index contributed by atoms with van der Waals surface area (Å²) in [6, 6.07) is 0. The summed E-state index contributed by atoms with van der Waals surface area (Å²) < 4.78 is 4.86. The standard InChI is InChI=1S/C8H8N4O3/c1-4-11-7(9-3-6(13)14)5-2-10-15-8(5)12-4/h2H,3H2,1H3,(H,13,14)(H,9,11,12). The molecule has 0 aliphatic rings. The van der Waals surface area contributed by atoms with Crippen molar-refractivity contribution in [1.29, 1.82) is 0 Å². The maximum absolute atomic E-state index is 10.4. The highest BCUT2D eigenvalue weighted by Gasteiger charge is 2.09. The van der Waals surface area contributed by atoms with Crippen molar-refractivity contribution in [3.05, 3.63) is 12.0 Å². The predicted octanol–water partition coefficient (Wildman–Crippen LogP) is 0.423. The third-order valence-corrected chi connectivity index (χ3v) is 1.75. The molecule has 0 aliphatic heterocycles. The van der Waals surface area contributed by atoms with Gasteiger partial charge in [-0.2, -0.15) is 4.98 Å². The topological polar surface area (TPSA) is 101 Å². The summed E-state index contributed by atoms with van der Waals surface area (Å²) in [7, 11) is 0. The Morgan fingerprint density at radius 3 is 3.13 bits per heavy atom. The first-order valence-corrected chi connectivity index (χ1v) is 4.21. The minimum Gasteiger partial charge on any atom is -0.480 e. The van der Waals surface area contributed by atoms with E-state index in [1.165, 1.54) is 6.20 Å². The number of rotatable bonds is 3. The Bertz CT molecular complexity index is 508. The number of hydrogen-bond acceptors (Lipinski definition) is 6. The Hall–Kier alpha value is -2.18. The van der Waals surface area contributed by atoms with Crippen molar-refractivity contribution in [3.63, 3.8) is 0 Å². The van der Waals surface area contributed by atoms with E-state index in [4.69, 9.17) is 9.63 Å². The first-order chi connectivity index (χ1) is 7.16. The second kappa shape index (κ2) is 3.52. The van der Waals surface area contributed by atoms with Crippen molar-refractivity contribution >= 4 is 22.9 Å². The predicted molar refractivity (Wildman–Crippen MR) is 50.5 cm³/mol. The molecule has 0 fully saturated rings. The van der Waals surface area contributed by atoms with Crippen LogP contribution in [0, 0.1) is 6.92 Å². The maximum atomic E-state index is 10.4. The highest BCUT2D eigenvalue weighted by molar-refractivity contribution is 5.86. The van der Waals surface area contributed by atoms with E-state index in [1.54, 1.807) is 6.92 Å². The van der Waals surface area contributed by atoms with Crippen molar-refractivity contribution in [2.45, 2.75) is 6.92 Å². The molecule has 0 spiro atoms. The molecule has 15 heavy (non-hydrogen) atoms. The van der Waals surface area contributed by atoms with E-state index < -0.39 is 5.97 Å². The number of nitrogens with zero attached hydrogens (tertiary/aromatic N) is 3. The van der Waals surface area contributed by atoms with Gasteiger partial charge in [0, 0.05) is 0 Å². The summed E-state index contributed by atoms with van der Waals surface area (Å²) in [5, 5.41) is 15.3. The van der Waals surface area contributed by atoms with Gasteiger partial charge >= 0.3 is 5.97 Å². The lowest BCUT2D eigenvalue weighted by atomic mass is 10.4. The van der Waals surface area contributed by atoms with Gasteiger partial charge in [-0.25, -0.2) is 4.98 Å². The number of hydrogen-bond donors (Lipinski definition) is 2. The van der Waals surface area contributed by atoms with Crippen LogP contribution < -0.4 is 5.32 Å². The van der Waals surface area contributed by atoms with E-state index in [-0.39, 0.29) is 6.54 Å². The third-order valence-electron chi connectivity index (χ3n) is 1.75. The Morgan fingerprint density at radius 1 is 1.60 bits per heavy atom. The minimum atomic E-state index is -0.962. The van der Waals surface area contributed by atoms with E-state index in [1.807, 2.05) is 0 Å². The van der Waals surface area contributed by atoms with Crippen LogP contribution in [-0.2, 0) is 4.79 Å². The van der Waals surface area contributed by atoms with Gasteiger partial charge in [-0.05, 0) is 6.92 Å². The zero-order chi connectivity index (χ0) is 10.8. The van der Waals surface area contributed by atoms with Gasteiger partial charge < -0.3 is 14.9 Å². The summed E-state index contributed by atoms with van der Waals surface area (Å²) in [5.74, 6) is -0.0517. The van der Waals surface area contributed by atoms with Gasteiger partial charge in [-0.1, -0.05) is 5.16 Å². The molecule has 0 saturated carbocycles. The number of aromatic nitrogens is 3. The van der Waals surface area contributed by atoms with E-state index in [0.717, 1.165) is 0 Å². The van der Waals surface area contributed by atoms with Crippen molar-refractivity contribution < 1.29 is 14.4 Å². The van der Waals surface area contributed by atoms with Gasteiger partial charge in [0.15, 0.2) is 0 Å². The quantitative estimate of drug-likeness (QED) is 0.753. The smallest absolute Gasteiger partial charge is 0.322 e. The van der Waals surface area contributed by atoms with Gasteiger partial charge in [0.2, 0.25) is 0 Å². The lowest BCUT2D eigenvalue weighted by Gasteiger charge is -2.02. The number of carboxylic acid groups (broad SMARTS) is 1. The second-order valence-electron chi connectivity index (χ2n) is 2.91. The van der Waals surface area contributed by atoms with Crippen LogP contribution in [0.15, 0.2) is 10.7 Å². The molecule has 78 valence electrons. The number of aliphatic carboxylic acids is 1. The van der Waals surface area contributed by atoms with Crippen molar-refractivity contribution in [1.82, 2.24) is 15.1 Å². The Kier molecular flexibility index (Phi) is 2.20. The lowest BCUT2D eigenvalue weighted by molar-refractivity contribution is -0.134. The molecule has 0 radical (unpaired) electrons. The normalized spacial score (nSPS) is 10.5. The number of aryl methyl sites for hydroxylation is 1. The fourth-order valence-corrected chi connectivity index (χ4v) is 1.16. The first kappa shape index (κ1) is 9.38. The fraction of sp³-hybridized carbons (Fsp3) is 0.250. The molecule has 2 N–H and O–H groups in total. The highest BCUT2D eigenvalue weighted by atomic mass is 16.5. The summed E-state index contributed by atoms with van der Waals surface area (Å²) in [6.45, 7) is 1.48. The van der Waals surface area contributed by atoms with Crippen molar-refractivity contribution in [3.8, 4) is 0 Å². The van der Waals surface area contributed by atoms with Crippen LogP contribution in [0.25, 0.3) is 11.1 Å². The van der Waals surface area contributed by atoms with E-state index >= 15 is 0 Å². The van der Waals surface area contributed by atoms with Crippen LogP contribution >= 0.6 is 0 Å². The summed E-state index contributed by atoms with van der Waals surface area (Å²) >= 11 is 0.